The van der Waals surface area contributed by atoms with Gasteiger partial charge in [0.05, 0.1) is 18.1 Å². The van der Waals surface area contributed by atoms with Crippen molar-refractivity contribution < 1.29 is 23.0 Å². The molecule has 1 N–H and O–H groups in total. The van der Waals surface area contributed by atoms with Crippen molar-refractivity contribution in [3.63, 3.8) is 0 Å². The molecule has 5 rings (SSSR count). The molecule has 2 unspecified atom stereocenters. The zero-order valence-corrected chi connectivity index (χ0v) is 16.4. The van der Waals surface area contributed by atoms with E-state index in [4.69, 9.17) is 9.47 Å². The average Bonchev–Trinajstić information content (AvgIpc) is 3.41. The van der Waals surface area contributed by atoms with Gasteiger partial charge in [0, 0.05) is 6.42 Å². The normalized spacial score (nSPS) is 41.9. The van der Waals surface area contributed by atoms with Gasteiger partial charge < -0.3 is 14.0 Å². The molecule has 3 aliphatic heterocycles. The number of sulfonamides is 1. The number of nitrogens with one attached hydrogen (secondary N) is 1. The predicted molar refractivity (Wildman–Crippen MR) is 103 cm³/mol. The molecule has 1 spiro atoms. The van der Waals surface area contributed by atoms with Gasteiger partial charge in [0.1, 0.15) is 10.4 Å². The zero-order chi connectivity index (χ0) is 19.4. The van der Waals surface area contributed by atoms with Crippen molar-refractivity contribution in [3.05, 3.63) is 48.0 Å². The number of fused-ring (bicyclic) bond motifs is 1. The second-order valence-corrected chi connectivity index (χ2v) is 10.3. The maximum Gasteiger partial charge on any atom is 0.309 e. The van der Waals surface area contributed by atoms with Crippen LogP contribution in [0.15, 0.2) is 42.5 Å². The third-order valence-corrected chi connectivity index (χ3v) is 8.55. The minimum Gasteiger partial charge on any atom is -0.597 e. The maximum absolute atomic E-state index is 13.0. The van der Waals surface area contributed by atoms with Crippen molar-refractivity contribution in [2.45, 2.75) is 67.6 Å². The van der Waals surface area contributed by atoms with Crippen LogP contribution in [0.5, 0.6) is 0 Å². The Hall–Kier alpha value is -1.54. The molecule has 150 valence electrons. The molecule has 2 saturated heterocycles. The molecule has 3 fully saturated rings. The first-order valence-corrected chi connectivity index (χ1v) is 11.7. The predicted octanol–water partition coefficient (Wildman–Crippen LogP) is 2.31. The third kappa shape index (κ3) is 2.96. The van der Waals surface area contributed by atoms with E-state index in [1.165, 1.54) is 0 Å². The molecule has 0 radical (unpaired) electrons. The molecule has 6 atom stereocenters. The van der Waals surface area contributed by atoms with Gasteiger partial charge in [0.25, 0.3) is 0 Å². The van der Waals surface area contributed by atoms with Gasteiger partial charge in [-0.2, -0.15) is 0 Å². The van der Waals surface area contributed by atoms with Crippen molar-refractivity contribution in [1.82, 2.24) is 4.72 Å². The fraction of sp³-hybridized carbons (Fsp3) is 0.571. The quantitative estimate of drug-likeness (QED) is 0.474. The number of hydrogen-bond acceptors (Lipinski definition) is 5. The number of carbonyl (C=O) groups excluding carboxylic acids is 1. The summed E-state index contributed by atoms with van der Waals surface area (Å²) in [5, 5.41) is -0.719. The number of esters is 1. The van der Waals surface area contributed by atoms with Crippen molar-refractivity contribution in [2.24, 2.45) is 5.92 Å². The molecule has 6 nitrogen and oxygen atoms in total. The van der Waals surface area contributed by atoms with Crippen LogP contribution in [0.3, 0.4) is 0 Å². The smallest absolute Gasteiger partial charge is 0.309 e. The Morgan fingerprint density at radius 1 is 1.29 bits per heavy atom. The zero-order valence-electron chi connectivity index (χ0n) is 15.6. The molecular formula is C21H25NO5S. The van der Waals surface area contributed by atoms with Crippen molar-refractivity contribution in [2.75, 3.05) is 0 Å². The van der Waals surface area contributed by atoms with E-state index in [0.29, 0.717) is 12.8 Å². The average molecular weight is 404 g/mol. The second-order valence-electron chi connectivity index (χ2n) is 8.39. The van der Waals surface area contributed by atoms with Gasteiger partial charge in [-0.1, -0.05) is 53.5 Å². The standard InChI is InChI=1S/C21H25NO5S/c23-20(15-8-4-5-9-15)26-19-17(12-14-6-2-1-3-7-14)22-28(24,25)18-13-16-10-11-21(18,19)27-16/h1-3,6-7,10-11,15-19H,4-5,8-9,12-13H2,(H-,22,24,25)/t16?,17-,18-,19+,21+/m0/s1. The van der Waals surface area contributed by atoms with Gasteiger partial charge in [-0.3, -0.25) is 4.79 Å². The lowest BCUT2D eigenvalue weighted by Crippen LogP contribution is -2.70. The van der Waals surface area contributed by atoms with Gasteiger partial charge >= 0.3 is 5.97 Å². The third-order valence-electron chi connectivity index (χ3n) is 6.61. The molecule has 1 aromatic carbocycles. The van der Waals surface area contributed by atoms with E-state index in [2.05, 4.69) is 4.72 Å². The van der Waals surface area contributed by atoms with Crippen LogP contribution in [0.2, 0.25) is 0 Å². The summed E-state index contributed by atoms with van der Waals surface area (Å²) in [7, 11) is -3.57. The Morgan fingerprint density at radius 2 is 2.04 bits per heavy atom. The van der Waals surface area contributed by atoms with Crippen LogP contribution in [0, 0.1) is 5.92 Å². The SMILES string of the molecule is O=C(O[C@@H]1[C@H](Cc2ccccc2)N[S+](=O)([O-])[C@H]2CC3C=C[C@]12O3)C1CCCC1. The number of rotatable bonds is 4. The first-order chi connectivity index (χ1) is 13.5. The molecular weight excluding hydrogens is 378 g/mol. The molecule has 28 heavy (non-hydrogen) atoms. The molecule has 1 aromatic rings. The fourth-order valence-corrected chi connectivity index (χ4v) is 7.25. The number of carbonyl (C=O) groups is 1. The summed E-state index contributed by atoms with van der Waals surface area (Å²) in [6.07, 6.45) is 7.45. The van der Waals surface area contributed by atoms with E-state index >= 15 is 0 Å². The molecule has 1 saturated carbocycles. The van der Waals surface area contributed by atoms with Crippen LogP contribution in [0.1, 0.15) is 37.7 Å². The van der Waals surface area contributed by atoms with Gasteiger partial charge in [-0.05, 0) is 30.9 Å². The molecule has 7 heteroatoms. The molecule has 2 bridgehead atoms. The molecule has 1 aliphatic carbocycles. The molecule has 4 aliphatic rings. The van der Waals surface area contributed by atoms with E-state index < -0.39 is 33.4 Å². The number of ether oxygens (including phenoxy) is 2. The Balaban J connectivity index is 1.48. The largest absolute Gasteiger partial charge is 0.597 e. The highest BCUT2D eigenvalue weighted by molar-refractivity contribution is 7.96. The topological polar surface area (TPSA) is 87.7 Å². The second kappa shape index (κ2) is 6.76. The van der Waals surface area contributed by atoms with Gasteiger partial charge in [0.2, 0.25) is 0 Å². The Kier molecular flexibility index (Phi) is 4.46. The monoisotopic (exact) mass is 403 g/mol. The van der Waals surface area contributed by atoms with Crippen molar-refractivity contribution >= 4 is 16.4 Å². The van der Waals surface area contributed by atoms with Crippen LogP contribution < -0.4 is 4.72 Å². The maximum atomic E-state index is 13.0. The van der Waals surface area contributed by atoms with E-state index in [9.17, 15) is 13.6 Å². The molecule has 0 aromatic heterocycles. The Bertz CT molecular complexity index is 836. The summed E-state index contributed by atoms with van der Waals surface area (Å²) in [6.45, 7) is 0. The summed E-state index contributed by atoms with van der Waals surface area (Å²) in [6, 6.07) is 9.12. The number of hydrogen-bond donors (Lipinski definition) is 1. The lowest BCUT2D eigenvalue weighted by molar-refractivity contribution is -0.170. The van der Waals surface area contributed by atoms with E-state index in [-0.39, 0.29) is 18.0 Å². The van der Waals surface area contributed by atoms with Crippen molar-refractivity contribution in [3.8, 4) is 0 Å². The summed E-state index contributed by atoms with van der Waals surface area (Å²) in [5.41, 5.74) is -0.0916. The summed E-state index contributed by atoms with van der Waals surface area (Å²) >= 11 is 0. The van der Waals surface area contributed by atoms with E-state index in [1.807, 2.05) is 42.5 Å². The lowest BCUT2D eigenvalue weighted by Gasteiger charge is -2.46. The van der Waals surface area contributed by atoms with Crippen LogP contribution in [0.4, 0.5) is 0 Å². The lowest BCUT2D eigenvalue weighted by atomic mass is 9.83. The first kappa shape index (κ1) is 18.5. The van der Waals surface area contributed by atoms with Gasteiger partial charge in [-0.15, -0.1) is 4.72 Å². The number of benzene rings is 1. The van der Waals surface area contributed by atoms with Crippen LogP contribution >= 0.6 is 0 Å². The van der Waals surface area contributed by atoms with Crippen molar-refractivity contribution in [1.29, 1.82) is 0 Å². The highest BCUT2D eigenvalue weighted by Crippen LogP contribution is 2.50. The summed E-state index contributed by atoms with van der Waals surface area (Å²) in [5.74, 6) is -0.310. The highest BCUT2D eigenvalue weighted by Gasteiger charge is 2.69. The van der Waals surface area contributed by atoms with E-state index in [1.54, 1.807) is 0 Å². The minimum absolute atomic E-state index is 0.0895. The Labute approximate surface area is 166 Å². The molecule has 0 amide bonds. The Morgan fingerprint density at radius 3 is 2.75 bits per heavy atom. The minimum atomic E-state index is -3.57. The van der Waals surface area contributed by atoms with Crippen LogP contribution in [-0.4, -0.2) is 39.6 Å². The summed E-state index contributed by atoms with van der Waals surface area (Å²) in [4.78, 5) is 12.9. The molecule has 3 heterocycles. The highest BCUT2D eigenvalue weighted by atomic mass is 32.3. The summed E-state index contributed by atoms with van der Waals surface area (Å²) < 4.78 is 40.9. The van der Waals surface area contributed by atoms with Gasteiger partial charge in [-0.25, -0.2) is 0 Å². The van der Waals surface area contributed by atoms with E-state index in [0.717, 1.165) is 31.2 Å². The van der Waals surface area contributed by atoms with Gasteiger partial charge in [0.15, 0.2) is 17.0 Å². The van der Waals surface area contributed by atoms with Crippen LogP contribution in [-0.2, 0) is 35.3 Å². The fourth-order valence-electron chi connectivity index (χ4n) is 5.26. The van der Waals surface area contributed by atoms with Crippen LogP contribution in [0.25, 0.3) is 0 Å². The first-order valence-electron chi connectivity index (χ1n) is 10.1.